The molecule has 0 N–H and O–H groups in total. The second-order valence-corrected chi connectivity index (χ2v) is 7.22. The first-order valence-corrected chi connectivity index (χ1v) is 7.88. The highest BCUT2D eigenvalue weighted by atomic mass is 32.2. The lowest BCUT2D eigenvalue weighted by molar-refractivity contribution is -0.0519. The van der Waals surface area contributed by atoms with Gasteiger partial charge in [0.15, 0.2) is 0 Å². The molecule has 7 heteroatoms. The third kappa shape index (κ3) is 4.62. The van der Waals surface area contributed by atoms with E-state index in [1.54, 1.807) is 13.0 Å². The zero-order chi connectivity index (χ0) is 16.5. The maximum absolute atomic E-state index is 12.2. The second kappa shape index (κ2) is 5.87. The zero-order valence-corrected chi connectivity index (χ0v) is 13.0. The molecule has 0 saturated carbocycles. The van der Waals surface area contributed by atoms with Gasteiger partial charge in [-0.05, 0) is 30.9 Å². The molecule has 1 rings (SSSR count). The third-order valence-corrected chi connectivity index (χ3v) is 4.37. The Morgan fingerprint density at radius 3 is 2.48 bits per heavy atom. The van der Waals surface area contributed by atoms with Crippen molar-refractivity contribution in [2.75, 3.05) is 0 Å². The van der Waals surface area contributed by atoms with Crippen LogP contribution in [0.4, 0.5) is 13.2 Å². The molecule has 0 spiro atoms. The van der Waals surface area contributed by atoms with Crippen LogP contribution in [0.1, 0.15) is 33.6 Å². The Balaban J connectivity index is 2.75. The highest BCUT2D eigenvalue weighted by Crippen LogP contribution is 2.37. The van der Waals surface area contributed by atoms with E-state index in [9.17, 15) is 21.6 Å². The molecule has 0 aromatic carbocycles. The van der Waals surface area contributed by atoms with Crippen molar-refractivity contribution in [1.29, 1.82) is 0 Å². The molecule has 0 fully saturated rings. The number of hydrogen-bond acceptors (Lipinski definition) is 3. The quantitative estimate of drug-likeness (QED) is 0.415. The summed E-state index contributed by atoms with van der Waals surface area (Å²) in [5.74, 6) is 0.0225. The molecule has 0 amide bonds. The van der Waals surface area contributed by atoms with Gasteiger partial charge in [-0.15, -0.1) is 0 Å². The first kappa shape index (κ1) is 17.8. The Hall–Kier alpha value is -1.24. The fourth-order valence-electron chi connectivity index (χ4n) is 1.79. The highest BCUT2D eigenvalue weighted by Gasteiger charge is 2.49. The third-order valence-electron chi connectivity index (χ3n) is 3.39. The lowest BCUT2D eigenvalue weighted by Gasteiger charge is -2.20. The summed E-state index contributed by atoms with van der Waals surface area (Å²) in [6.45, 7) is 9.75. The van der Waals surface area contributed by atoms with Gasteiger partial charge in [0.05, 0.1) is 0 Å². The largest absolute Gasteiger partial charge is 0.534 e. The van der Waals surface area contributed by atoms with Crippen LogP contribution in [0, 0.1) is 11.3 Å². The zero-order valence-electron chi connectivity index (χ0n) is 12.2. The van der Waals surface area contributed by atoms with Gasteiger partial charge in [0, 0.05) is 5.41 Å². The lowest BCUT2D eigenvalue weighted by atomic mass is 9.84. The molecule has 120 valence electrons. The van der Waals surface area contributed by atoms with Gasteiger partial charge in [0.25, 0.3) is 0 Å². The summed E-state index contributed by atoms with van der Waals surface area (Å²) in [5.41, 5.74) is -4.92. The van der Waals surface area contributed by atoms with E-state index in [0.29, 0.717) is 18.8 Å². The van der Waals surface area contributed by atoms with Gasteiger partial charge >= 0.3 is 15.6 Å². The van der Waals surface area contributed by atoms with Crippen LogP contribution >= 0.6 is 0 Å². The van der Waals surface area contributed by atoms with Crippen molar-refractivity contribution >= 4 is 10.1 Å². The average molecular weight is 324 g/mol. The van der Waals surface area contributed by atoms with Gasteiger partial charge in [-0.1, -0.05) is 39.0 Å². The van der Waals surface area contributed by atoms with E-state index in [4.69, 9.17) is 0 Å². The summed E-state index contributed by atoms with van der Waals surface area (Å²) in [4.78, 5) is 0. The molecule has 0 heterocycles. The maximum atomic E-state index is 12.2. The summed E-state index contributed by atoms with van der Waals surface area (Å²) < 4.78 is 62.7. The smallest absolute Gasteiger partial charge is 0.376 e. The molecular formula is C14H19F3O3S. The van der Waals surface area contributed by atoms with Gasteiger partial charge < -0.3 is 4.18 Å². The fourth-order valence-corrected chi connectivity index (χ4v) is 2.25. The highest BCUT2D eigenvalue weighted by molar-refractivity contribution is 7.87. The minimum atomic E-state index is -5.61. The standard InChI is InChI=1S/C14H19F3O3S/c1-10(2)11(3)5-7-13(4)8-6-12(9-13)20-21(18,19)14(15,16)17/h6,8-10H,3,5,7H2,1-2,4H3. The Bertz CT molecular complexity index is 571. The number of allylic oxidation sites excluding steroid dienone is 4. The molecule has 1 atom stereocenters. The molecule has 0 saturated heterocycles. The molecule has 0 aliphatic heterocycles. The van der Waals surface area contributed by atoms with Crippen molar-refractivity contribution in [3.8, 4) is 0 Å². The molecule has 3 nitrogen and oxygen atoms in total. The Morgan fingerprint density at radius 2 is 2.00 bits per heavy atom. The summed E-state index contributed by atoms with van der Waals surface area (Å²) >= 11 is 0. The van der Waals surface area contributed by atoms with Crippen molar-refractivity contribution in [1.82, 2.24) is 0 Å². The summed E-state index contributed by atoms with van der Waals surface area (Å²) in [5, 5.41) is 0. The lowest BCUT2D eigenvalue weighted by Crippen LogP contribution is -2.25. The summed E-state index contributed by atoms with van der Waals surface area (Å²) in [7, 11) is -5.61. The van der Waals surface area contributed by atoms with E-state index in [1.165, 1.54) is 12.2 Å². The summed E-state index contributed by atoms with van der Waals surface area (Å²) in [6.07, 6.45) is 5.61. The molecule has 1 aliphatic rings. The van der Waals surface area contributed by atoms with Crippen LogP contribution in [0.2, 0.25) is 0 Å². The van der Waals surface area contributed by atoms with E-state index < -0.39 is 21.0 Å². The minimum absolute atomic E-state index is 0.301. The van der Waals surface area contributed by atoms with Crippen LogP contribution < -0.4 is 0 Å². The molecule has 1 unspecified atom stereocenters. The Morgan fingerprint density at radius 1 is 1.43 bits per heavy atom. The molecule has 21 heavy (non-hydrogen) atoms. The van der Waals surface area contributed by atoms with Crippen LogP contribution in [0.25, 0.3) is 0 Å². The van der Waals surface area contributed by atoms with Crippen molar-refractivity contribution in [2.24, 2.45) is 11.3 Å². The Labute approximate surface area is 123 Å². The van der Waals surface area contributed by atoms with Gasteiger partial charge in [0.1, 0.15) is 5.76 Å². The van der Waals surface area contributed by atoms with E-state index in [0.717, 1.165) is 5.57 Å². The van der Waals surface area contributed by atoms with Crippen molar-refractivity contribution < 1.29 is 25.8 Å². The van der Waals surface area contributed by atoms with Crippen molar-refractivity contribution in [3.63, 3.8) is 0 Å². The molecular weight excluding hydrogens is 305 g/mol. The van der Waals surface area contributed by atoms with Crippen LogP contribution in [0.5, 0.6) is 0 Å². The summed E-state index contributed by atoms with van der Waals surface area (Å²) in [6, 6.07) is 0. The number of rotatable bonds is 6. The number of hydrogen-bond donors (Lipinski definition) is 0. The fraction of sp³-hybridized carbons (Fsp3) is 0.571. The topological polar surface area (TPSA) is 43.4 Å². The van der Waals surface area contributed by atoms with E-state index in [2.05, 4.69) is 10.8 Å². The van der Waals surface area contributed by atoms with E-state index in [1.807, 2.05) is 13.8 Å². The predicted octanol–water partition coefficient (Wildman–Crippen LogP) is 4.31. The van der Waals surface area contributed by atoms with Crippen molar-refractivity contribution in [2.45, 2.75) is 39.1 Å². The number of halogens is 3. The first-order valence-electron chi connectivity index (χ1n) is 6.47. The molecule has 0 radical (unpaired) electrons. The minimum Gasteiger partial charge on any atom is -0.376 e. The maximum Gasteiger partial charge on any atom is 0.534 e. The van der Waals surface area contributed by atoms with Crippen molar-refractivity contribution in [3.05, 3.63) is 36.1 Å². The monoisotopic (exact) mass is 324 g/mol. The SMILES string of the molecule is C=C(CCC1(C)C=CC(OS(=O)(=O)C(F)(F)F)=C1)C(C)C. The molecule has 0 bridgehead atoms. The second-order valence-electron chi connectivity index (χ2n) is 5.68. The average Bonchev–Trinajstić information content (AvgIpc) is 2.66. The van der Waals surface area contributed by atoms with Crippen LogP contribution in [0.15, 0.2) is 36.1 Å². The first-order chi connectivity index (χ1) is 9.36. The van der Waals surface area contributed by atoms with Gasteiger partial charge in [0.2, 0.25) is 0 Å². The molecule has 1 aliphatic carbocycles. The van der Waals surface area contributed by atoms with E-state index in [-0.39, 0.29) is 5.76 Å². The van der Waals surface area contributed by atoms with Crippen LogP contribution in [0.3, 0.4) is 0 Å². The normalized spacial score (nSPS) is 22.5. The van der Waals surface area contributed by atoms with Crippen LogP contribution in [-0.4, -0.2) is 13.9 Å². The van der Waals surface area contributed by atoms with Crippen LogP contribution in [-0.2, 0) is 14.3 Å². The van der Waals surface area contributed by atoms with Gasteiger partial charge in [-0.25, -0.2) is 0 Å². The molecule has 0 aromatic rings. The Kier molecular flexibility index (Phi) is 4.98. The van der Waals surface area contributed by atoms with E-state index >= 15 is 0 Å². The van der Waals surface area contributed by atoms with Gasteiger partial charge in [-0.3, -0.25) is 0 Å². The molecule has 0 aromatic heterocycles. The number of alkyl halides is 3. The predicted molar refractivity (Wildman–Crippen MR) is 74.6 cm³/mol. The van der Waals surface area contributed by atoms with Gasteiger partial charge in [-0.2, -0.15) is 21.6 Å².